The molecule has 1 aliphatic rings. The fourth-order valence-electron chi connectivity index (χ4n) is 2.49. The van der Waals surface area contributed by atoms with Gasteiger partial charge in [-0.2, -0.15) is 0 Å². The van der Waals surface area contributed by atoms with Crippen LogP contribution in [0.3, 0.4) is 0 Å². The number of amides is 1. The first-order valence-electron chi connectivity index (χ1n) is 7.77. The van der Waals surface area contributed by atoms with E-state index in [9.17, 15) is 4.79 Å². The van der Waals surface area contributed by atoms with Gasteiger partial charge in [0.15, 0.2) is 6.10 Å². The average molecular weight is 291 g/mol. The summed E-state index contributed by atoms with van der Waals surface area (Å²) in [5.74, 6) is 0.622. The molecule has 21 heavy (non-hydrogen) atoms. The van der Waals surface area contributed by atoms with Crippen molar-refractivity contribution in [2.75, 3.05) is 6.61 Å². The second kappa shape index (κ2) is 7.46. The number of hydrogen-bond donors (Lipinski definition) is 1. The van der Waals surface area contributed by atoms with E-state index in [-0.39, 0.29) is 18.1 Å². The summed E-state index contributed by atoms with van der Waals surface area (Å²) in [6.07, 6.45) is 2.69. The van der Waals surface area contributed by atoms with Crippen LogP contribution in [0.5, 0.6) is 5.75 Å². The lowest BCUT2D eigenvalue weighted by molar-refractivity contribution is -0.128. The summed E-state index contributed by atoms with van der Waals surface area (Å²) in [6.45, 7) is 6.65. The number of rotatable bonds is 6. The molecule has 2 rings (SSSR count). The van der Waals surface area contributed by atoms with Gasteiger partial charge in [-0.25, -0.2) is 0 Å². The minimum Gasteiger partial charge on any atom is -0.481 e. The van der Waals surface area contributed by atoms with Gasteiger partial charge in [-0.15, -0.1) is 0 Å². The van der Waals surface area contributed by atoms with Crippen LogP contribution in [0.15, 0.2) is 24.3 Å². The number of nitrogens with one attached hydrogen (secondary N) is 1. The average Bonchev–Trinajstić information content (AvgIpc) is 3.02. The molecule has 4 nitrogen and oxygen atoms in total. The van der Waals surface area contributed by atoms with Gasteiger partial charge in [0.2, 0.25) is 0 Å². The summed E-state index contributed by atoms with van der Waals surface area (Å²) in [5.41, 5.74) is 1.26. The lowest BCUT2D eigenvalue weighted by Gasteiger charge is -2.22. The molecule has 0 bridgehead atoms. The molecule has 1 aromatic carbocycles. The van der Waals surface area contributed by atoms with Gasteiger partial charge in [0.1, 0.15) is 5.75 Å². The summed E-state index contributed by atoms with van der Waals surface area (Å²) in [5, 5.41) is 2.98. The van der Waals surface area contributed by atoms with Gasteiger partial charge in [0, 0.05) is 6.61 Å². The zero-order chi connectivity index (χ0) is 15.2. The molecular weight excluding hydrogens is 266 g/mol. The highest BCUT2D eigenvalue weighted by Gasteiger charge is 2.25. The Bertz CT molecular complexity index is 452. The molecule has 3 atom stereocenters. The zero-order valence-electron chi connectivity index (χ0n) is 13.1. The molecule has 1 amide bonds. The second-order valence-electron chi connectivity index (χ2n) is 5.61. The summed E-state index contributed by atoms with van der Waals surface area (Å²) < 4.78 is 11.3. The fraction of sp³-hybridized carbons (Fsp3) is 0.588. The van der Waals surface area contributed by atoms with Gasteiger partial charge in [0.05, 0.1) is 12.1 Å². The van der Waals surface area contributed by atoms with Crippen molar-refractivity contribution >= 4 is 5.91 Å². The molecule has 1 saturated heterocycles. The van der Waals surface area contributed by atoms with Crippen LogP contribution in [-0.2, 0) is 16.0 Å². The predicted octanol–water partition coefficient (Wildman–Crippen LogP) is 2.70. The maximum Gasteiger partial charge on any atom is 0.261 e. The van der Waals surface area contributed by atoms with E-state index in [2.05, 4.69) is 12.2 Å². The van der Waals surface area contributed by atoms with E-state index >= 15 is 0 Å². The van der Waals surface area contributed by atoms with Crippen molar-refractivity contribution in [1.29, 1.82) is 0 Å². The Morgan fingerprint density at radius 1 is 1.38 bits per heavy atom. The molecule has 0 radical (unpaired) electrons. The van der Waals surface area contributed by atoms with Crippen molar-refractivity contribution in [1.82, 2.24) is 5.32 Å². The molecule has 4 heteroatoms. The molecule has 0 unspecified atom stereocenters. The SMILES string of the molecule is CCc1ccc(O[C@@H](C)C(=O)N[C@H](C)[C@@H]2CCCO2)cc1. The van der Waals surface area contributed by atoms with E-state index in [0.29, 0.717) is 0 Å². The normalized spacial score (nSPS) is 20.8. The molecule has 116 valence electrons. The smallest absolute Gasteiger partial charge is 0.261 e. The van der Waals surface area contributed by atoms with E-state index in [1.165, 1.54) is 5.56 Å². The summed E-state index contributed by atoms with van der Waals surface area (Å²) in [7, 11) is 0. The van der Waals surface area contributed by atoms with Crippen molar-refractivity contribution in [3.63, 3.8) is 0 Å². The van der Waals surface area contributed by atoms with Gasteiger partial charge in [-0.3, -0.25) is 4.79 Å². The van der Waals surface area contributed by atoms with Crippen LogP contribution in [0, 0.1) is 0 Å². The van der Waals surface area contributed by atoms with E-state index in [0.717, 1.165) is 31.6 Å². The Hall–Kier alpha value is -1.55. The van der Waals surface area contributed by atoms with E-state index in [1.807, 2.05) is 31.2 Å². The highest BCUT2D eigenvalue weighted by molar-refractivity contribution is 5.81. The summed E-state index contributed by atoms with van der Waals surface area (Å²) >= 11 is 0. The van der Waals surface area contributed by atoms with Gasteiger partial charge in [-0.05, 0) is 50.8 Å². The van der Waals surface area contributed by atoms with Crippen molar-refractivity contribution in [3.05, 3.63) is 29.8 Å². The van der Waals surface area contributed by atoms with E-state index < -0.39 is 6.10 Å². The molecule has 1 aromatic rings. The van der Waals surface area contributed by atoms with Crippen molar-refractivity contribution in [2.45, 2.75) is 58.3 Å². The number of ether oxygens (including phenoxy) is 2. The van der Waals surface area contributed by atoms with E-state index in [4.69, 9.17) is 9.47 Å². The van der Waals surface area contributed by atoms with Gasteiger partial charge in [0.25, 0.3) is 5.91 Å². The molecule has 0 saturated carbocycles. The molecule has 0 aromatic heterocycles. The third kappa shape index (κ3) is 4.46. The van der Waals surface area contributed by atoms with E-state index in [1.54, 1.807) is 6.92 Å². The van der Waals surface area contributed by atoms with Crippen LogP contribution in [0.2, 0.25) is 0 Å². The fourth-order valence-corrected chi connectivity index (χ4v) is 2.49. The Kier molecular flexibility index (Phi) is 5.62. The number of benzene rings is 1. The molecular formula is C17H25NO3. The first-order valence-corrected chi connectivity index (χ1v) is 7.77. The topological polar surface area (TPSA) is 47.6 Å². The molecule has 1 aliphatic heterocycles. The minimum atomic E-state index is -0.513. The van der Waals surface area contributed by atoms with Gasteiger partial charge >= 0.3 is 0 Å². The monoisotopic (exact) mass is 291 g/mol. The maximum absolute atomic E-state index is 12.1. The largest absolute Gasteiger partial charge is 0.481 e. The van der Waals surface area contributed by atoms with Crippen molar-refractivity contribution < 1.29 is 14.3 Å². The first-order chi connectivity index (χ1) is 10.1. The molecule has 1 N–H and O–H groups in total. The Morgan fingerprint density at radius 2 is 2.10 bits per heavy atom. The van der Waals surface area contributed by atoms with Crippen LogP contribution >= 0.6 is 0 Å². The molecule has 1 fully saturated rings. The Labute approximate surface area is 126 Å². The number of carbonyl (C=O) groups excluding carboxylic acids is 1. The number of hydrogen-bond acceptors (Lipinski definition) is 3. The third-order valence-electron chi connectivity index (χ3n) is 3.91. The lowest BCUT2D eigenvalue weighted by Crippen LogP contribution is -2.46. The third-order valence-corrected chi connectivity index (χ3v) is 3.91. The highest BCUT2D eigenvalue weighted by Crippen LogP contribution is 2.17. The maximum atomic E-state index is 12.1. The summed E-state index contributed by atoms with van der Waals surface area (Å²) in [4.78, 5) is 12.1. The Morgan fingerprint density at radius 3 is 2.67 bits per heavy atom. The van der Waals surface area contributed by atoms with Crippen LogP contribution in [0.4, 0.5) is 0 Å². The lowest BCUT2D eigenvalue weighted by atomic mass is 10.1. The number of aryl methyl sites for hydroxylation is 1. The van der Waals surface area contributed by atoms with Crippen LogP contribution in [0.25, 0.3) is 0 Å². The highest BCUT2D eigenvalue weighted by atomic mass is 16.5. The Balaban J connectivity index is 1.83. The quantitative estimate of drug-likeness (QED) is 0.876. The second-order valence-corrected chi connectivity index (χ2v) is 5.61. The van der Waals surface area contributed by atoms with Crippen molar-refractivity contribution in [2.24, 2.45) is 0 Å². The molecule has 1 heterocycles. The number of carbonyl (C=O) groups is 1. The molecule has 0 aliphatic carbocycles. The van der Waals surface area contributed by atoms with Gasteiger partial charge < -0.3 is 14.8 Å². The standard InChI is InChI=1S/C17H25NO3/c1-4-14-7-9-15(10-8-14)21-13(3)17(19)18-12(2)16-6-5-11-20-16/h7-10,12-13,16H,4-6,11H2,1-3H3,(H,18,19)/t12-,13+,16+/m1/s1. The predicted molar refractivity (Wildman–Crippen MR) is 82.5 cm³/mol. The first kappa shape index (κ1) is 15.8. The van der Waals surface area contributed by atoms with Crippen molar-refractivity contribution in [3.8, 4) is 5.75 Å². The zero-order valence-corrected chi connectivity index (χ0v) is 13.1. The minimum absolute atomic E-state index is 0.0218. The van der Waals surface area contributed by atoms with Crippen LogP contribution < -0.4 is 10.1 Å². The molecule has 0 spiro atoms. The van der Waals surface area contributed by atoms with Crippen LogP contribution in [0.1, 0.15) is 39.2 Å². The van der Waals surface area contributed by atoms with Crippen LogP contribution in [-0.4, -0.2) is 30.8 Å². The van der Waals surface area contributed by atoms with Gasteiger partial charge in [-0.1, -0.05) is 19.1 Å². The summed E-state index contributed by atoms with van der Waals surface area (Å²) in [6, 6.07) is 7.89.